The molecule has 3 aromatic rings. The van der Waals surface area contributed by atoms with Gasteiger partial charge in [-0.25, -0.2) is 9.78 Å². The SMILES string of the molecule is CCOc1ccc(CCNC(=O)c2cnn3c(O)cc(C4CCN(C(=O)OC(C)(C)C)CC4)nc23)cc1. The zero-order chi connectivity index (χ0) is 26.6. The normalized spacial score (nSPS) is 14.5. The number of rotatable bonds is 7. The molecule has 1 aliphatic heterocycles. The van der Waals surface area contributed by atoms with E-state index in [2.05, 4.69) is 10.4 Å². The molecule has 2 N–H and O–H groups in total. The molecule has 3 heterocycles. The molecular formula is C27H35N5O5. The van der Waals surface area contributed by atoms with Gasteiger partial charge in [0.15, 0.2) is 5.65 Å². The van der Waals surface area contributed by atoms with Gasteiger partial charge < -0.3 is 24.8 Å². The molecule has 2 aromatic heterocycles. The highest BCUT2D eigenvalue weighted by Crippen LogP contribution is 2.30. The van der Waals surface area contributed by atoms with Gasteiger partial charge in [-0.2, -0.15) is 9.61 Å². The van der Waals surface area contributed by atoms with Crippen LogP contribution < -0.4 is 10.1 Å². The molecule has 0 atom stereocenters. The molecule has 2 amide bonds. The zero-order valence-electron chi connectivity index (χ0n) is 21.9. The van der Waals surface area contributed by atoms with Gasteiger partial charge in [-0.1, -0.05) is 12.1 Å². The topological polar surface area (TPSA) is 118 Å². The van der Waals surface area contributed by atoms with Crippen molar-refractivity contribution < 1.29 is 24.2 Å². The third-order valence-electron chi connectivity index (χ3n) is 6.22. The molecule has 0 saturated carbocycles. The Hall–Kier alpha value is -3.82. The lowest BCUT2D eigenvalue weighted by atomic mass is 9.93. The maximum absolute atomic E-state index is 12.9. The van der Waals surface area contributed by atoms with E-state index in [9.17, 15) is 14.7 Å². The first-order valence-corrected chi connectivity index (χ1v) is 12.7. The highest BCUT2D eigenvalue weighted by Gasteiger charge is 2.29. The van der Waals surface area contributed by atoms with Crippen LogP contribution in [0.4, 0.5) is 4.79 Å². The largest absolute Gasteiger partial charge is 0.494 e. The number of likely N-dealkylation sites (tertiary alicyclic amines) is 1. The van der Waals surface area contributed by atoms with Gasteiger partial charge >= 0.3 is 6.09 Å². The molecule has 0 aliphatic carbocycles. The van der Waals surface area contributed by atoms with E-state index in [0.717, 1.165) is 11.3 Å². The Bertz CT molecular complexity index is 1240. The van der Waals surface area contributed by atoms with Crippen molar-refractivity contribution in [3.8, 4) is 11.6 Å². The quantitative estimate of drug-likeness (QED) is 0.496. The number of nitrogens with zero attached hydrogens (tertiary/aromatic N) is 4. The van der Waals surface area contributed by atoms with Crippen LogP contribution in [0.1, 0.15) is 68.1 Å². The summed E-state index contributed by atoms with van der Waals surface area (Å²) in [6.07, 6.45) is 3.12. The van der Waals surface area contributed by atoms with Gasteiger partial charge in [0.25, 0.3) is 5.91 Å². The van der Waals surface area contributed by atoms with Gasteiger partial charge in [0.05, 0.1) is 18.5 Å². The van der Waals surface area contributed by atoms with Crippen LogP contribution in [0.25, 0.3) is 5.65 Å². The molecule has 0 unspecified atom stereocenters. The van der Waals surface area contributed by atoms with E-state index in [1.807, 2.05) is 52.0 Å². The van der Waals surface area contributed by atoms with Crippen LogP contribution in [0.2, 0.25) is 0 Å². The van der Waals surface area contributed by atoms with E-state index in [0.29, 0.717) is 62.4 Å². The average Bonchev–Trinajstić information content (AvgIpc) is 3.29. The summed E-state index contributed by atoms with van der Waals surface area (Å²) < 4.78 is 12.2. The summed E-state index contributed by atoms with van der Waals surface area (Å²) in [7, 11) is 0. The number of ether oxygens (including phenoxy) is 2. The number of nitrogens with one attached hydrogen (secondary N) is 1. The summed E-state index contributed by atoms with van der Waals surface area (Å²) in [5.74, 6) is 0.478. The number of hydrogen-bond donors (Lipinski definition) is 2. The Kier molecular flexibility index (Phi) is 7.85. The second kappa shape index (κ2) is 11.1. The van der Waals surface area contributed by atoms with Crippen LogP contribution >= 0.6 is 0 Å². The van der Waals surface area contributed by atoms with Gasteiger partial charge in [-0.3, -0.25) is 4.79 Å². The number of piperidine rings is 1. The minimum absolute atomic E-state index is 0.0417. The minimum atomic E-state index is -0.542. The maximum Gasteiger partial charge on any atom is 0.410 e. The van der Waals surface area contributed by atoms with E-state index in [1.165, 1.54) is 10.7 Å². The zero-order valence-corrected chi connectivity index (χ0v) is 21.9. The predicted molar refractivity (Wildman–Crippen MR) is 138 cm³/mol. The fourth-order valence-corrected chi connectivity index (χ4v) is 4.35. The number of fused-ring (bicyclic) bond motifs is 1. The number of aromatic nitrogens is 3. The molecule has 10 heteroatoms. The van der Waals surface area contributed by atoms with Crippen molar-refractivity contribution in [3.05, 3.63) is 53.3 Å². The lowest BCUT2D eigenvalue weighted by Crippen LogP contribution is -2.41. The van der Waals surface area contributed by atoms with Crippen molar-refractivity contribution in [3.63, 3.8) is 0 Å². The Morgan fingerprint density at radius 2 is 1.86 bits per heavy atom. The van der Waals surface area contributed by atoms with Crippen molar-refractivity contribution in [2.24, 2.45) is 0 Å². The Labute approximate surface area is 216 Å². The first kappa shape index (κ1) is 26.2. The van der Waals surface area contributed by atoms with Crippen LogP contribution in [0, 0.1) is 0 Å². The lowest BCUT2D eigenvalue weighted by molar-refractivity contribution is 0.0203. The first-order valence-electron chi connectivity index (χ1n) is 12.7. The van der Waals surface area contributed by atoms with Gasteiger partial charge in [0.2, 0.25) is 5.88 Å². The Morgan fingerprint density at radius 3 is 2.51 bits per heavy atom. The predicted octanol–water partition coefficient (Wildman–Crippen LogP) is 3.92. The second-order valence-electron chi connectivity index (χ2n) is 10.2. The molecule has 0 spiro atoms. The van der Waals surface area contributed by atoms with Crippen molar-refractivity contribution in [2.75, 3.05) is 26.2 Å². The molecule has 1 aliphatic rings. The van der Waals surface area contributed by atoms with Crippen molar-refractivity contribution >= 4 is 17.6 Å². The number of carbonyl (C=O) groups is 2. The first-order chi connectivity index (χ1) is 17.6. The van der Waals surface area contributed by atoms with E-state index < -0.39 is 5.60 Å². The molecule has 1 fully saturated rings. The van der Waals surface area contributed by atoms with E-state index in [4.69, 9.17) is 14.5 Å². The van der Waals surface area contributed by atoms with Gasteiger partial charge in [0.1, 0.15) is 16.9 Å². The maximum atomic E-state index is 12.9. The minimum Gasteiger partial charge on any atom is -0.494 e. The molecule has 198 valence electrons. The van der Waals surface area contributed by atoms with Crippen molar-refractivity contribution in [1.82, 2.24) is 24.8 Å². The van der Waals surface area contributed by atoms with E-state index in [-0.39, 0.29) is 23.8 Å². The molecule has 4 rings (SSSR count). The number of benzene rings is 1. The van der Waals surface area contributed by atoms with Crippen LogP contribution in [0.3, 0.4) is 0 Å². The van der Waals surface area contributed by atoms with E-state index >= 15 is 0 Å². The molecule has 10 nitrogen and oxygen atoms in total. The van der Waals surface area contributed by atoms with Crippen LogP contribution in [-0.4, -0.2) is 68.4 Å². The number of carbonyl (C=O) groups excluding carboxylic acids is 2. The summed E-state index contributed by atoms with van der Waals surface area (Å²) in [5, 5.41) is 17.6. The third kappa shape index (κ3) is 6.49. The molecule has 0 bridgehead atoms. The average molecular weight is 510 g/mol. The fourth-order valence-electron chi connectivity index (χ4n) is 4.35. The van der Waals surface area contributed by atoms with Crippen molar-refractivity contribution in [1.29, 1.82) is 0 Å². The molecule has 0 radical (unpaired) electrons. The highest BCUT2D eigenvalue weighted by atomic mass is 16.6. The molecular weight excluding hydrogens is 474 g/mol. The molecule has 1 aromatic carbocycles. The summed E-state index contributed by atoms with van der Waals surface area (Å²) >= 11 is 0. The summed E-state index contributed by atoms with van der Waals surface area (Å²) in [6.45, 7) is 9.61. The van der Waals surface area contributed by atoms with Gasteiger partial charge in [-0.15, -0.1) is 0 Å². The van der Waals surface area contributed by atoms with E-state index in [1.54, 1.807) is 11.0 Å². The van der Waals surface area contributed by atoms with Crippen LogP contribution in [0.5, 0.6) is 11.6 Å². The summed E-state index contributed by atoms with van der Waals surface area (Å²) in [5.41, 5.74) is 1.83. The highest BCUT2D eigenvalue weighted by molar-refractivity contribution is 5.99. The Morgan fingerprint density at radius 1 is 1.16 bits per heavy atom. The molecule has 1 saturated heterocycles. The molecule has 37 heavy (non-hydrogen) atoms. The third-order valence-corrected chi connectivity index (χ3v) is 6.22. The summed E-state index contributed by atoms with van der Waals surface area (Å²) in [6, 6.07) is 9.37. The van der Waals surface area contributed by atoms with Gasteiger partial charge in [0, 0.05) is 31.6 Å². The standard InChI is InChI=1S/C27H35N5O5/c1-5-36-20-8-6-18(7-9-20)10-13-28-25(34)21-17-29-32-23(33)16-22(30-24(21)32)19-11-14-31(15-12-19)26(35)37-27(2,3)4/h6-9,16-17,19,33H,5,10-15H2,1-4H3,(H,28,34). The fraction of sp³-hybridized carbons (Fsp3) is 0.481. The monoisotopic (exact) mass is 509 g/mol. The summed E-state index contributed by atoms with van der Waals surface area (Å²) in [4.78, 5) is 31.7. The van der Waals surface area contributed by atoms with Crippen LogP contribution in [0.15, 0.2) is 36.5 Å². The van der Waals surface area contributed by atoms with Crippen LogP contribution in [-0.2, 0) is 11.2 Å². The number of hydrogen-bond acceptors (Lipinski definition) is 7. The Balaban J connectivity index is 1.39. The van der Waals surface area contributed by atoms with Crippen molar-refractivity contribution in [2.45, 2.75) is 58.5 Å². The second-order valence-corrected chi connectivity index (χ2v) is 10.2. The van der Waals surface area contributed by atoms with Gasteiger partial charge in [-0.05, 0) is 64.7 Å². The number of amides is 2. The lowest BCUT2D eigenvalue weighted by Gasteiger charge is -2.33. The smallest absolute Gasteiger partial charge is 0.410 e. The number of aromatic hydroxyl groups is 1.